The first-order chi connectivity index (χ1) is 7.03. The van der Waals surface area contributed by atoms with Gasteiger partial charge in [0, 0.05) is 12.1 Å². The molecule has 1 fully saturated rings. The summed E-state index contributed by atoms with van der Waals surface area (Å²) in [5.74, 6) is -0.148. The van der Waals surface area contributed by atoms with Crippen LogP contribution in [-0.2, 0) is 9.53 Å². The van der Waals surface area contributed by atoms with Gasteiger partial charge in [-0.15, -0.1) is 0 Å². The van der Waals surface area contributed by atoms with Gasteiger partial charge in [0.05, 0.1) is 13.2 Å². The van der Waals surface area contributed by atoms with E-state index in [-0.39, 0.29) is 24.2 Å². The van der Waals surface area contributed by atoms with Gasteiger partial charge in [0.25, 0.3) is 0 Å². The van der Waals surface area contributed by atoms with Crippen molar-refractivity contribution < 1.29 is 14.6 Å². The fourth-order valence-corrected chi connectivity index (χ4v) is 1.51. The Labute approximate surface area is 91.2 Å². The summed E-state index contributed by atoms with van der Waals surface area (Å²) in [6.07, 6.45) is 1.95. The molecule has 1 saturated heterocycles. The van der Waals surface area contributed by atoms with E-state index in [1.54, 1.807) is 0 Å². The van der Waals surface area contributed by atoms with Crippen molar-refractivity contribution >= 4 is 5.97 Å². The molecule has 4 nitrogen and oxygen atoms in total. The lowest BCUT2D eigenvalue weighted by Crippen LogP contribution is -2.37. The summed E-state index contributed by atoms with van der Waals surface area (Å²) in [6.45, 7) is 7.19. The Kier molecular flexibility index (Phi) is 4.11. The minimum absolute atomic E-state index is 0.0612. The van der Waals surface area contributed by atoms with Gasteiger partial charge in [0.15, 0.2) is 0 Å². The molecule has 88 valence electrons. The van der Waals surface area contributed by atoms with E-state index in [1.165, 1.54) is 0 Å². The van der Waals surface area contributed by atoms with Crippen molar-refractivity contribution in [1.29, 1.82) is 0 Å². The van der Waals surface area contributed by atoms with Crippen LogP contribution in [0, 0.1) is 0 Å². The average molecular weight is 215 g/mol. The minimum Gasteiger partial charge on any atom is -0.464 e. The summed E-state index contributed by atoms with van der Waals surface area (Å²) >= 11 is 0. The number of carbonyl (C=O) groups excluding carboxylic acids is 1. The summed E-state index contributed by atoms with van der Waals surface area (Å²) in [6, 6.07) is -0.135. The number of hydrogen-bond donors (Lipinski definition) is 1. The number of carbonyl (C=O) groups is 1. The molecule has 1 aliphatic rings. The van der Waals surface area contributed by atoms with Crippen LogP contribution in [0.25, 0.3) is 0 Å². The van der Waals surface area contributed by atoms with Crippen molar-refractivity contribution in [2.45, 2.75) is 45.2 Å². The minimum atomic E-state index is -0.311. The molecule has 4 heteroatoms. The molecule has 0 aromatic carbocycles. The zero-order valence-corrected chi connectivity index (χ0v) is 9.82. The van der Waals surface area contributed by atoms with Gasteiger partial charge >= 0.3 is 5.97 Å². The predicted octanol–water partition coefficient (Wildman–Crippen LogP) is 0.785. The zero-order valence-electron chi connectivity index (χ0n) is 9.82. The SMILES string of the molecule is CCCCOC(=O)[C@@H]1CN1C(C)(C)CO. The lowest BCUT2D eigenvalue weighted by Gasteiger charge is -2.23. The van der Waals surface area contributed by atoms with Crippen molar-refractivity contribution in [2.24, 2.45) is 0 Å². The van der Waals surface area contributed by atoms with E-state index in [0.717, 1.165) is 12.8 Å². The van der Waals surface area contributed by atoms with Gasteiger partial charge in [-0.25, -0.2) is 0 Å². The predicted molar refractivity (Wildman–Crippen MR) is 57.5 cm³/mol. The second kappa shape index (κ2) is 4.94. The van der Waals surface area contributed by atoms with Crippen molar-refractivity contribution in [3.05, 3.63) is 0 Å². The van der Waals surface area contributed by atoms with Crippen LogP contribution in [0.5, 0.6) is 0 Å². The summed E-state index contributed by atoms with van der Waals surface area (Å²) in [5, 5.41) is 9.12. The Morgan fingerprint density at radius 3 is 2.80 bits per heavy atom. The Morgan fingerprint density at radius 2 is 2.27 bits per heavy atom. The quantitative estimate of drug-likeness (QED) is 0.404. The lowest BCUT2D eigenvalue weighted by molar-refractivity contribution is -0.144. The van der Waals surface area contributed by atoms with E-state index in [2.05, 4.69) is 6.92 Å². The zero-order chi connectivity index (χ0) is 11.5. The van der Waals surface area contributed by atoms with Crippen LogP contribution < -0.4 is 0 Å². The van der Waals surface area contributed by atoms with Crippen LogP contribution in [0.1, 0.15) is 33.6 Å². The van der Waals surface area contributed by atoms with E-state index in [9.17, 15) is 4.79 Å². The summed E-state index contributed by atoms with van der Waals surface area (Å²) in [4.78, 5) is 13.5. The van der Waals surface area contributed by atoms with Crippen LogP contribution in [0.3, 0.4) is 0 Å². The number of unbranched alkanes of at least 4 members (excludes halogenated alkanes) is 1. The molecule has 0 aromatic heterocycles. The standard InChI is InChI=1S/C11H21NO3/c1-4-5-6-15-10(14)9-7-12(9)11(2,3)8-13/h9,13H,4-8H2,1-3H3/t9-,12?/m0/s1. The molecule has 0 saturated carbocycles. The van der Waals surface area contributed by atoms with Crippen molar-refractivity contribution in [3.63, 3.8) is 0 Å². The maximum atomic E-state index is 11.5. The molecule has 0 bridgehead atoms. The van der Waals surface area contributed by atoms with Gasteiger partial charge in [-0.1, -0.05) is 13.3 Å². The summed E-state index contributed by atoms with van der Waals surface area (Å²) in [5.41, 5.74) is -0.311. The molecule has 0 aromatic rings. The topological polar surface area (TPSA) is 49.5 Å². The van der Waals surface area contributed by atoms with E-state index in [4.69, 9.17) is 9.84 Å². The fraction of sp³-hybridized carbons (Fsp3) is 0.909. The van der Waals surface area contributed by atoms with Gasteiger partial charge in [-0.2, -0.15) is 0 Å². The number of hydrogen-bond acceptors (Lipinski definition) is 4. The van der Waals surface area contributed by atoms with E-state index >= 15 is 0 Å². The third kappa shape index (κ3) is 3.18. The molecular weight excluding hydrogens is 194 g/mol. The summed E-state index contributed by atoms with van der Waals surface area (Å²) in [7, 11) is 0. The van der Waals surface area contributed by atoms with Crippen LogP contribution >= 0.6 is 0 Å². The molecule has 0 radical (unpaired) electrons. The van der Waals surface area contributed by atoms with Gasteiger partial charge in [-0.3, -0.25) is 9.69 Å². The Morgan fingerprint density at radius 1 is 1.60 bits per heavy atom. The Bertz CT molecular complexity index is 228. The highest BCUT2D eigenvalue weighted by molar-refractivity contribution is 5.79. The highest BCUT2D eigenvalue weighted by atomic mass is 16.5. The first kappa shape index (κ1) is 12.5. The third-order valence-corrected chi connectivity index (χ3v) is 2.79. The highest BCUT2D eigenvalue weighted by Crippen LogP contribution is 2.29. The second-order valence-corrected chi connectivity index (χ2v) is 4.66. The highest BCUT2D eigenvalue weighted by Gasteiger charge is 2.49. The Hall–Kier alpha value is -0.610. The number of rotatable bonds is 6. The number of aliphatic hydroxyl groups is 1. The third-order valence-electron chi connectivity index (χ3n) is 2.79. The maximum absolute atomic E-state index is 11.5. The molecule has 0 amide bonds. The fourth-order valence-electron chi connectivity index (χ4n) is 1.51. The van der Waals surface area contributed by atoms with Crippen LogP contribution in [0.4, 0.5) is 0 Å². The first-order valence-corrected chi connectivity index (χ1v) is 5.57. The van der Waals surface area contributed by atoms with E-state index in [0.29, 0.717) is 13.2 Å². The van der Waals surface area contributed by atoms with Crippen molar-refractivity contribution in [1.82, 2.24) is 4.90 Å². The van der Waals surface area contributed by atoms with Crippen LogP contribution in [0.15, 0.2) is 0 Å². The monoisotopic (exact) mass is 215 g/mol. The molecule has 2 atom stereocenters. The maximum Gasteiger partial charge on any atom is 0.324 e. The molecule has 1 rings (SSSR count). The molecule has 0 spiro atoms. The largest absolute Gasteiger partial charge is 0.464 e. The lowest BCUT2D eigenvalue weighted by atomic mass is 10.1. The smallest absolute Gasteiger partial charge is 0.324 e. The van der Waals surface area contributed by atoms with Gasteiger partial charge < -0.3 is 9.84 Å². The molecule has 1 unspecified atom stereocenters. The first-order valence-electron chi connectivity index (χ1n) is 5.57. The van der Waals surface area contributed by atoms with Gasteiger partial charge in [0.2, 0.25) is 0 Å². The van der Waals surface area contributed by atoms with E-state index in [1.807, 2.05) is 18.7 Å². The molecule has 1 N–H and O–H groups in total. The molecule has 15 heavy (non-hydrogen) atoms. The number of ether oxygens (including phenoxy) is 1. The number of aliphatic hydroxyl groups excluding tert-OH is 1. The van der Waals surface area contributed by atoms with Crippen LogP contribution in [-0.4, -0.2) is 47.3 Å². The van der Waals surface area contributed by atoms with Crippen molar-refractivity contribution in [3.8, 4) is 0 Å². The van der Waals surface area contributed by atoms with Crippen molar-refractivity contribution in [2.75, 3.05) is 19.8 Å². The Balaban J connectivity index is 2.28. The van der Waals surface area contributed by atoms with Crippen LogP contribution in [0.2, 0.25) is 0 Å². The molecule has 1 aliphatic heterocycles. The number of esters is 1. The van der Waals surface area contributed by atoms with Gasteiger partial charge in [0.1, 0.15) is 6.04 Å². The van der Waals surface area contributed by atoms with Gasteiger partial charge in [-0.05, 0) is 20.3 Å². The molecular formula is C11H21NO3. The second-order valence-electron chi connectivity index (χ2n) is 4.66. The number of nitrogens with zero attached hydrogens (tertiary/aromatic N) is 1. The summed E-state index contributed by atoms with van der Waals surface area (Å²) < 4.78 is 5.11. The molecule has 0 aliphatic carbocycles. The van der Waals surface area contributed by atoms with E-state index < -0.39 is 0 Å². The average Bonchev–Trinajstić information content (AvgIpc) is 2.98. The normalized spacial score (nSPS) is 25.1. The molecule has 1 heterocycles.